The lowest BCUT2D eigenvalue weighted by molar-refractivity contribution is 0.0948. The fraction of sp³-hybridized carbons (Fsp3) is 0.238. The van der Waals surface area contributed by atoms with Crippen LogP contribution in [0, 0.1) is 6.92 Å². The van der Waals surface area contributed by atoms with Gasteiger partial charge >= 0.3 is 0 Å². The van der Waals surface area contributed by atoms with Crippen molar-refractivity contribution in [1.82, 2.24) is 20.1 Å². The van der Waals surface area contributed by atoms with Crippen molar-refractivity contribution in [2.24, 2.45) is 0 Å². The predicted octanol–water partition coefficient (Wildman–Crippen LogP) is 4.27. The molecule has 3 aromatic rings. The molecule has 1 N–H and O–H groups in total. The van der Waals surface area contributed by atoms with Crippen LogP contribution in [-0.4, -0.2) is 32.2 Å². The van der Waals surface area contributed by atoms with Gasteiger partial charge in [0.25, 0.3) is 5.91 Å². The molecule has 0 fully saturated rings. The number of hydrogen-bond acceptors (Lipinski definition) is 5. The van der Waals surface area contributed by atoms with E-state index in [1.165, 1.54) is 11.8 Å². The number of rotatable bonds is 8. The quantitative estimate of drug-likeness (QED) is 0.391. The minimum absolute atomic E-state index is 0.0300. The summed E-state index contributed by atoms with van der Waals surface area (Å²) in [6, 6.07) is 14.7. The lowest BCUT2D eigenvalue weighted by Crippen LogP contribution is -2.24. The molecule has 0 aliphatic heterocycles. The van der Waals surface area contributed by atoms with Gasteiger partial charge in [-0.1, -0.05) is 57.5 Å². The summed E-state index contributed by atoms with van der Waals surface area (Å²) in [5, 5.41) is 11.9. The smallest absolute Gasteiger partial charge is 0.251 e. The number of nitrogens with zero attached hydrogens (tertiary/aromatic N) is 3. The Hall–Kier alpha value is -2.45. The van der Waals surface area contributed by atoms with Crippen molar-refractivity contribution in [2.45, 2.75) is 32.1 Å². The lowest BCUT2D eigenvalue weighted by atomic mass is 10.1. The second kappa shape index (κ2) is 9.84. The standard InChI is InChI=1S/C21H21BrN4O2S/c1-3-26-19(12-23-20(28)16-6-4-5-14(2)11-16)24-25-21(26)29-13-18(27)15-7-9-17(22)10-8-15/h4-11H,3,12-13H2,1-2H3,(H,23,28). The third-order valence-corrected chi connectivity index (χ3v) is 5.79. The van der Waals surface area contributed by atoms with Crippen molar-refractivity contribution < 1.29 is 9.59 Å². The molecule has 29 heavy (non-hydrogen) atoms. The van der Waals surface area contributed by atoms with E-state index in [2.05, 4.69) is 31.4 Å². The summed E-state index contributed by atoms with van der Waals surface area (Å²) in [6.45, 7) is 4.85. The second-order valence-corrected chi connectivity index (χ2v) is 8.27. The Labute approximate surface area is 182 Å². The van der Waals surface area contributed by atoms with Crippen LogP contribution in [0.15, 0.2) is 58.2 Å². The fourth-order valence-electron chi connectivity index (χ4n) is 2.77. The van der Waals surface area contributed by atoms with Gasteiger partial charge in [-0.25, -0.2) is 0 Å². The number of halogens is 1. The van der Waals surface area contributed by atoms with Gasteiger partial charge in [0.05, 0.1) is 12.3 Å². The van der Waals surface area contributed by atoms with Crippen molar-refractivity contribution in [3.63, 3.8) is 0 Å². The lowest BCUT2D eigenvalue weighted by Gasteiger charge is -2.09. The van der Waals surface area contributed by atoms with Crippen molar-refractivity contribution in [3.8, 4) is 0 Å². The van der Waals surface area contributed by atoms with E-state index in [4.69, 9.17) is 0 Å². The molecule has 0 aliphatic rings. The zero-order valence-electron chi connectivity index (χ0n) is 16.2. The molecule has 1 heterocycles. The molecule has 0 unspecified atom stereocenters. The Balaban J connectivity index is 1.61. The average molecular weight is 473 g/mol. The summed E-state index contributed by atoms with van der Waals surface area (Å²) < 4.78 is 2.85. The van der Waals surface area contributed by atoms with E-state index < -0.39 is 0 Å². The van der Waals surface area contributed by atoms with E-state index in [-0.39, 0.29) is 24.0 Å². The average Bonchev–Trinajstić information content (AvgIpc) is 3.12. The summed E-state index contributed by atoms with van der Waals surface area (Å²) >= 11 is 4.71. The highest BCUT2D eigenvalue weighted by atomic mass is 79.9. The molecular weight excluding hydrogens is 452 g/mol. The zero-order valence-corrected chi connectivity index (χ0v) is 18.6. The first-order chi connectivity index (χ1) is 14.0. The van der Waals surface area contributed by atoms with Crippen LogP contribution in [0.3, 0.4) is 0 Å². The van der Waals surface area contributed by atoms with Crippen LogP contribution >= 0.6 is 27.7 Å². The summed E-state index contributed by atoms with van der Waals surface area (Å²) in [6.07, 6.45) is 0. The van der Waals surface area contributed by atoms with Gasteiger partial charge in [0.2, 0.25) is 0 Å². The topological polar surface area (TPSA) is 76.9 Å². The normalized spacial score (nSPS) is 10.7. The van der Waals surface area contributed by atoms with E-state index in [1.54, 1.807) is 18.2 Å². The van der Waals surface area contributed by atoms with E-state index >= 15 is 0 Å². The molecule has 1 amide bonds. The molecule has 0 bridgehead atoms. The van der Waals surface area contributed by atoms with Crippen LogP contribution < -0.4 is 5.32 Å². The molecule has 0 aliphatic carbocycles. The Morgan fingerprint density at radius 3 is 2.55 bits per heavy atom. The van der Waals surface area contributed by atoms with Crippen LogP contribution in [-0.2, 0) is 13.1 Å². The monoisotopic (exact) mass is 472 g/mol. The molecular formula is C21H21BrN4O2S. The van der Waals surface area contributed by atoms with E-state index in [0.717, 1.165) is 10.0 Å². The predicted molar refractivity (Wildman–Crippen MR) is 117 cm³/mol. The molecule has 1 aromatic heterocycles. The van der Waals surface area contributed by atoms with Crippen molar-refractivity contribution in [2.75, 3.05) is 5.75 Å². The first-order valence-electron chi connectivity index (χ1n) is 9.16. The number of benzene rings is 2. The number of ketones is 1. The summed E-state index contributed by atoms with van der Waals surface area (Å²) in [5.41, 5.74) is 2.31. The summed E-state index contributed by atoms with van der Waals surface area (Å²) in [7, 11) is 0. The Morgan fingerprint density at radius 1 is 1.10 bits per heavy atom. The van der Waals surface area contributed by atoms with Crippen LogP contribution in [0.5, 0.6) is 0 Å². The number of carbonyl (C=O) groups excluding carboxylic acids is 2. The highest BCUT2D eigenvalue weighted by Crippen LogP contribution is 2.19. The number of hydrogen-bond donors (Lipinski definition) is 1. The Morgan fingerprint density at radius 2 is 1.86 bits per heavy atom. The zero-order chi connectivity index (χ0) is 20.8. The van der Waals surface area contributed by atoms with Crippen LogP contribution in [0.1, 0.15) is 39.0 Å². The highest BCUT2D eigenvalue weighted by molar-refractivity contribution is 9.10. The number of carbonyl (C=O) groups is 2. The maximum atomic E-state index is 12.4. The van der Waals surface area contributed by atoms with Gasteiger partial charge in [-0.05, 0) is 38.1 Å². The number of Topliss-reactive ketones (excluding diaryl/α,β-unsaturated/α-hetero) is 1. The second-order valence-electron chi connectivity index (χ2n) is 6.41. The van der Waals surface area contributed by atoms with E-state index in [9.17, 15) is 9.59 Å². The van der Waals surface area contributed by atoms with Crippen molar-refractivity contribution in [3.05, 3.63) is 75.5 Å². The van der Waals surface area contributed by atoms with Crippen molar-refractivity contribution >= 4 is 39.4 Å². The van der Waals surface area contributed by atoms with Crippen LogP contribution in [0.2, 0.25) is 0 Å². The molecule has 0 saturated heterocycles. The largest absolute Gasteiger partial charge is 0.345 e. The molecule has 0 spiro atoms. The maximum Gasteiger partial charge on any atom is 0.251 e. The SMILES string of the molecule is CCn1c(CNC(=O)c2cccc(C)c2)nnc1SCC(=O)c1ccc(Br)cc1. The fourth-order valence-corrected chi connectivity index (χ4v) is 3.95. The Kier molecular flexibility index (Phi) is 7.22. The van der Waals surface area contributed by atoms with Gasteiger partial charge in [0.1, 0.15) is 0 Å². The number of nitrogens with one attached hydrogen (secondary N) is 1. The maximum absolute atomic E-state index is 12.4. The summed E-state index contributed by atoms with van der Waals surface area (Å²) in [5.74, 6) is 0.809. The number of thioether (sulfide) groups is 1. The molecule has 3 rings (SSSR count). The minimum Gasteiger partial charge on any atom is -0.345 e. The number of aromatic nitrogens is 3. The third-order valence-electron chi connectivity index (χ3n) is 4.30. The van der Waals surface area contributed by atoms with Gasteiger partial charge in [-0.15, -0.1) is 10.2 Å². The molecule has 6 nitrogen and oxygen atoms in total. The Bertz CT molecular complexity index is 1020. The third kappa shape index (κ3) is 5.55. The van der Waals surface area contributed by atoms with Gasteiger partial charge < -0.3 is 9.88 Å². The minimum atomic E-state index is -0.154. The number of aryl methyl sites for hydroxylation is 1. The van der Waals surface area contributed by atoms with E-state index in [0.29, 0.717) is 28.7 Å². The summed E-state index contributed by atoms with van der Waals surface area (Å²) in [4.78, 5) is 24.7. The molecule has 8 heteroatoms. The van der Waals surface area contributed by atoms with E-state index in [1.807, 2.05) is 48.7 Å². The highest BCUT2D eigenvalue weighted by Gasteiger charge is 2.15. The first-order valence-corrected chi connectivity index (χ1v) is 10.9. The molecule has 150 valence electrons. The molecule has 0 atom stereocenters. The van der Waals surface area contributed by atoms with Crippen LogP contribution in [0.25, 0.3) is 0 Å². The van der Waals surface area contributed by atoms with Crippen molar-refractivity contribution in [1.29, 1.82) is 0 Å². The van der Waals surface area contributed by atoms with Gasteiger partial charge in [-0.2, -0.15) is 0 Å². The van der Waals surface area contributed by atoms with Gasteiger partial charge in [-0.3, -0.25) is 9.59 Å². The molecule has 2 aromatic carbocycles. The van der Waals surface area contributed by atoms with Gasteiger partial charge in [0, 0.05) is 22.1 Å². The number of amides is 1. The molecule has 0 radical (unpaired) electrons. The molecule has 0 saturated carbocycles. The first kappa shape index (κ1) is 21.3. The van der Waals surface area contributed by atoms with Gasteiger partial charge in [0.15, 0.2) is 16.8 Å². The van der Waals surface area contributed by atoms with Crippen LogP contribution in [0.4, 0.5) is 0 Å².